The van der Waals surface area contributed by atoms with Crippen molar-refractivity contribution in [3.8, 4) is 5.75 Å². The van der Waals surface area contributed by atoms with Gasteiger partial charge in [0, 0.05) is 23.6 Å². The van der Waals surface area contributed by atoms with Gasteiger partial charge in [-0.2, -0.15) is 0 Å². The van der Waals surface area contributed by atoms with Gasteiger partial charge in [0.25, 0.3) is 0 Å². The summed E-state index contributed by atoms with van der Waals surface area (Å²) in [5, 5.41) is 6.99. The standard InChI is InChI=1S/C23H25N3O3/c1-2-29-20-10-6-5-9-19(20)26-22(28)23(12-13-23)21(27)24-14-11-16-15-25-18-8-4-3-7-17(16)18/h3-10,15,25H,2,11-14H2,1H3,(H,24,27)(H,26,28). The summed E-state index contributed by atoms with van der Waals surface area (Å²) >= 11 is 0. The molecule has 0 aliphatic heterocycles. The zero-order valence-electron chi connectivity index (χ0n) is 16.5. The number of amides is 2. The van der Waals surface area contributed by atoms with Gasteiger partial charge in [0.05, 0.1) is 12.3 Å². The zero-order valence-corrected chi connectivity index (χ0v) is 16.5. The second-order valence-electron chi connectivity index (χ2n) is 7.33. The number of H-pyrrole nitrogens is 1. The van der Waals surface area contributed by atoms with Gasteiger partial charge in [-0.05, 0) is 49.9 Å². The largest absolute Gasteiger partial charge is 0.492 e. The first-order valence-corrected chi connectivity index (χ1v) is 10.0. The maximum absolute atomic E-state index is 12.8. The molecule has 1 aromatic heterocycles. The second-order valence-corrected chi connectivity index (χ2v) is 7.33. The topological polar surface area (TPSA) is 83.2 Å². The highest BCUT2D eigenvalue weighted by molar-refractivity contribution is 6.13. The minimum Gasteiger partial charge on any atom is -0.492 e. The van der Waals surface area contributed by atoms with Crippen molar-refractivity contribution in [3.05, 3.63) is 60.3 Å². The third kappa shape index (κ3) is 3.83. The maximum atomic E-state index is 12.8. The molecule has 0 saturated heterocycles. The fraction of sp³-hybridized carbons (Fsp3) is 0.304. The zero-order chi connectivity index (χ0) is 20.3. The number of aromatic amines is 1. The predicted molar refractivity (Wildman–Crippen MR) is 113 cm³/mol. The molecule has 4 rings (SSSR count). The van der Waals surface area contributed by atoms with Crippen molar-refractivity contribution in [1.82, 2.24) is 10.3 Å². The highest BCUT2D eigenvalue weighted by Crippen LogP contribution is 2.47. The molecule has 0 radical (unpaired) electrons. The van der Waals surface area contributed by atoms with E-state index in [1.807, 2.05) is 43.5 Å². The molecule has 0 unspecified atom stereocenters. The van der Waals surface area contributed by atoms with E-state index in [1.165, 1.54) is 0 Å². The molecule has 1 aliphatic rings. The van der Waals surface area contributed by atoms with E-state index < -0.39 is 5.41 Å². The Kier molecular flexibility index (Phi) is 5.25. The van der Waals surface area contributed by atoms with E-state index >= 15 is 0 Å². The summed E-state index contributed by atoms with van der Waals surface area (Å²) < 4.78 is 5.55. The molecule has 2 amide bonds. The highest BCUT2D eigenvalue weighted by atomic mass is 16.5. The van der Waals surface area contributed by atoms with E-state index in [0.29, 0.717) is 43.9 Å². The minimum absolute atomic E-state index is 0.205. The number of para-hydroxylation sites is 3. The number of benzene rings is 2. The molecular weight excluding hydrogens is 366 g/mol. The number of aromatic nitrogens is 1. The second kappa shape index (κ2) is 7.99. The van der Waals surface area contributed by atoms with Crippen LogP contribution >= 0.6 is 0 Å². The SMILES string of the molecule is CCOc1ccccc1NC(=O)C1(C(=O)NCCc2c[nH]c3ccccc23)CC1. The van der Waals surface area contributed by atoms with E-state index in [9.17, 15) is 9.59 Å². The average molecular weight is 391 g/mol. The van der Waals surface area contributed by atoms with Crippen molar-refractivity contribution in [2.24, 2.45) is 5.41 Å². The third-order valence-corrected chi connectivity index (χ3v) is 5.41. The Hall–Kier alpha value is -3.28. The fourth-order valence-corrected chi connectivity index (χ4v) is 3.59. The molecule has 0 bridgehead atoms. The highest BCUT2D eigenvalue weighted by Gasteiger charge is 2.56. The summed E-state index contributed by atoms with van der Waals surface area (Å²) in [6, 6.07) is 15.4. The van der Waals surface area contributed by atoms with Crippen LogP contribution in [0.2, 0.25) is 0 Å². The van der Waals surface area contributed by atoms with Crippen molar-refractivity contribution < 1.29 is 14.3 Å². The molecule has 6 heteroatoms. The van der Waals surface area contributed by atoms with E-state index in [-0.39, 0.29) is 11.8 Å². The lowest BCUT2D eigenvalue weighted by Crippen LogP contribution is -2.40. The Morgan fingerprint density at radius 2 is 1.83 bits per heavy atom. The van der Waals surface area contributed by atoms with Crippen molar-refractivity contribution in [2.45, 2.75) is 26.2 Å². The van der Waals surface area contributed by atoms with Crippen LogP contribution in [0.1, 0.15) is 25.3 Å². The first-order chi connectivity index (χ1) is 14.1. The summed E-state index contributed by atoms with van der Waals surface area (Å²) in [7, 11) is 0. The molecule has 29 heavy (non-hydrogen) atoms. The van der Waals surface area contributed by atoms with Gasteiger partial charge in [-0.3, -0.25) is 9.59 Å². The van der Waals surface area contributed by atoms with E-state index in [2.05, 4.69) is 21.7 Å². The first kappa shape index (κ1) is 19.1. The molecule has 1 aliphatic carbocycles. The third-order valence-electron chi connectivity index (χ3n) is 5.41. The molecule has 2 aromatic carbocycles. The lowest BCUT2D eigenvalue weighted by Gasteiger charge is -2.17. The molecule has 3 N–H and O–H groups in total. The summed E-state index contributed by atoms with van der Waals surface area (Å²) in [6.45, 7) is 2.89. The van der Waals surface area contributed by atoms with Gasteiger partial charge < -0.3 is 20.4 Å². The Bertz CT molecular complexity index is 1040. The van der Waals surface area contributed by atoms with Crippen molar-refractivity contribution >= 4 is 28.4 Å². The molecule has 6 nitrogen and oxygen atoms in total. The van der Waals surface area contributed by atoms with Crippen LogP contribution in [0.15, 0.2) is 54.7 Å². The van der Waals surface area contributed by atoms with Crippen LogP contribution in [-0.2, 0) is 16.0 Å². The van der Waals surface area contributed by atoms with Gasteiger partial charge in [0.2, 0.25) is 11.8 Å². The number of carbonyl (C=O) groups excluding carboxylic acids is 2. The molecule has 3 aromatic rings. The van der Waals surface area contributed by atoms with Crippen LogP contribution in [-0.4, -0.2) is 29.9 Å². The number of carbonyl (C=O) groups is 2. The van der Waals surface area contributed by atoms with Crippen LogP contribution in [0.3, 0.4) is 0 Å². The lowest BCUT2D eigenvalue weighted by molar-refractivity contribution is -0.134. The predicted octanol–water partition coefficient (Wildman–Crippen LogP) is 3.64. The Morgan fingerprint density at radius 1 is 1.07 bits per heavy atom. The number of anilines is 1. The quantitative estimate of drug-likeness (QED) is 0.513. The van der Waals surface area contributed by atoms with E-state index in [4.69, 9.17) is 4.74 Å². The summed E-state index contributed by atoms with van der Waals surface area (Å²) in [6.07, 6.45) is 3.81. The minimum atomic E-state index is -0.973. The molecule has 0 atom stereocenters. The van der Waals surface area contributed by atoms with Crippen LogP contribution in [0.5, 0.6) is 5.75 Å². The van der Waals surface area contributed by atoms with Crippen LogP contribution in [0.25, 0.3) is 10.9 Å². The number of nitrogens with one attached hydrogen (secondary N) is 3. The van der Waals surface area contributed by atoms with Crippen molar-refractivity contribution in [3.63, 3.8) is 0 Å². The van der Waals surface area contributed by atoms with Crippen LogP contribution in [0.4, 0.5) is 5.69 Å². The van der Waals surface area contributed by atoms with Gasteiger partial charge in [-0.15, -0.1) is 0 Å². The molecule has 1 fully saturated rings. The van der Waals surface area contributed by atoms with Crippen LogP contribution < -0.4 is 15.4 Å². The Labute approximate surface area is 169 Å². The van der Waals surface area contributed by atoms with Gasteiger partial charge in [-0.25, -0.2) is 0 Å². The number of hydrogen-bond acceptors (Lipinski definition) is 3. The Balaban J connectivity index is 1.36. The first-order valence-electron chi connectivity index (χ1n) is 10.0. The van der Waals surface area contributed by atoms with E-state index in [0.717, 1.165) is 16.5 Å². The number of rotatable bonds is 8. The molecular formula is C23H25N3O3. The average Bonchev–Trinajstić information content (AvgIpc) is 3.46. The van der Waals surface area contributed by atoms with Crippen LogP contribution in [0, 0.1) is 5.41 Å². The van der Waals surface area contributed by atoms with Crippen molar-refractivity contribution in [1.29, 1.82) is 0 Å². The molecule has 1 saturated carbocycles. The number of ether oxygens (including phenoxy) is 1. The molecule has 150 valence electrons. The molecule has 1 heterocycles. The summed E-state index contributed by atoms with van der Waals surface area (Å²) in [5.74, 6) is 0.136. The maximum Gasteiger partial charge on any atom is 0.240 e. The van der Waals surface area contributed by atoms with Crippen molar-refractivity contribution in [2.75, 3.05) is 18.5 Å². The normalized spacial score (nSPS) is 14.4. The molecule has 0 spiro atoms. The number of hydrogen-bond donors (Lipinski definition) is 3. The summed E-state index contributed by atoms with van der Waals surface area (Å²) in [5.41, 5.74) is 1.86. The Morgan fingerprint density at radius 3 is 2.62 bits per heavy atom. The van der Waals surface area contributed by atoms with E-state index in [1.54, 1.807) is 12.1 Å². The monoisotopic (exact) mass is 391 g/mol. The fourth-order valence-electron chi connectivity index (χ4n) is 3.59. The summed E-state index contributed by atoms with van der Waals surface area (Å²) in [4.78, 5) is 28.8. The van der Waals surface area contributed by atoms with Gasteiger partial charge in [-0.1, -0.05) is 30.3 Å². The lowest BCUT2D eigenvalue weighted by atomic mass is 10.0. The van der Waals surface area contributed by atoms with Gasteiger partial charge >= 0.3 is 0 Å². The van der Waals surface area contributed by atoms with Gasteiger partial charge in [0.1, 0.15) is 11.2 Å². The smallest absolute Gasteiger partial charge is 0.240 e. The van der Waals surface area contributed by atoms with Gasteiger partial charge in [0.15, 0.2) is 0 Å². The number of fused-ring (bicyclic) bond motifs is 1.